The standard InChI is InChI=1S/C21H24FN5O2S/c22-16-14-15(23)6-7-17(16)25-21(28)29-13-3-8-26-9-11-27(12-10-26)20-24-18-4-1-2-5-19(18)30-20/h1-2,4-7,14H,3,8-13,23H2,(H,25,28). The van der Waals surface area contributed by atoms with Crippen LogP contribution in [0.4, 0.5) is 25.7 Å². The number of nitrogen functional groups attached to an aromatic ring is 1. The fourth-order valence-electron chi connectivity index (χ4n) is 3.39. The third-order valence-corrected chi connectivity index (χ3v) is 6.10. The predicted octanol–water partition coefficient (Wildman–Crippen LogP) is 3.78. The van der Waals surface area contributed by atoms with Crippen molar-refractivity contribution in [3.63, 3.8) is 0 Å². The van der Waals surface area contributed by atoms with E-state index in [1.54, 1.807) is 11.3 Å². The summed E-state index contributed by atoms with van der Waals surface area (Å²) in [7, 11) is 0. The van der Waals surface area contributed by atoms with E-state index in [1.165, 1.54) is 16.8 Å². The van der Waals surface area contributed by atoms with Crippen molar-refractivity contribution < 1.29 is 13.9 Å². The molecule has 0 radical (unpaired) electrons. The first-order valence-electron chi connectivity index (χ1n) is 9.90. The van der Waals surface area contributed by atoms with Crippen molar-refractivity contribution in [2.75, 3.05) is 55.3 Å². The van der Waals surface area contributed by atoms with Gasteiger partial charge < -0.3 is 15.4 Å². The summed E-state index contributed by atoms with van der Waals surface area (Å²) in [6, 6.07) is 12.3. The molecule has 1 aromatic heterocycles. The van der Waals surface area contributed by atoms with E-state index in [-0.39, 0.29) is 12.3 Å². The summed E-state index contributed by atoms with van der Waals surface area (Å²) in [4.78, 5) is 21.2. The summed E-state index contributed by atoms with van der Waals surface area (Å²) in [5.41, 5.74) is 6.90. The highest BCUT2D eigenvalue weighted by atomic mass is 32.1. The molecule has 9 heteroatoms. The Bertz CT molecular complexity index is 987. The van der Waals surface area contributed by atoms with Crippen molar-refractivity contribution >= 4 is 44.2 Å². The lowest BCUT2D eigenvalue weighted by molar-refractivity contribution is 0.151. The van der Waals surface area contributed by atoms with Gasteiger partial charge in [0.05, 0.1) is 22.5 Å². The van der Waals surface area contributed by atoms with Crippen LogP contribution in [0, 0.1) is 5.82 Å². The van der Waals surface area contributed by atoms with Crippen molar-refractivity contribution in [1.29, 1.82) is 0 Å². The van der Waals surface area contributed by atoms with E-state index in [2.05, 4.69) is 21.2 Å². The van der Waals surface area contributed by atoms with Crippen LogP contribution in [0.2, 0.25) is 0 Å². The Morgan fingerprint density at radius 1 is 1.20 bits per heavy atom. The molecule has 7 nitrogen and oxygen atoms in total. The number of amides is 1. The molecule has 0 aliphatic carbocycles. The number of thiazole rings is 1. The first-order valence-corrected chi connectivity index (χ1v) is 10.7. The Morgan fingerprint density at radius 2 is 2.00 bits per heavy atom. The monoisotopic (exact) mass is 429 g/mol. The van der Waals surface area contributed by atoms with E-state index in [4.69, 9.17) is 15.5 Å². The highest BCUT2D eigenvalue weighted by Gasteiger charge is 2.19. The Labute approximate surface area is 178 Å². The second-order valence-electron chi connectivity index (χ2n) is 7.15. The molecule has 3 aromatic rings. The zero-order chi connectivity index (χ0) is 20.9. The van der Waals surface area contributed by atoms with Crippen molar-refractivity contribution in [3.05, 3.63) is 48.3 Å². The normalized spacial score (nSPS) is 14.8. The van der Waals surface area contributed by atoms with Gasteiger partial charge in [-0.2, -0.15) is 0 Å². The fourth-order valence-corrected chi connectivity index (χ4v) is 4.41. The fraction of sp³-hybridized carbons (Fsp3) is 0.333. The second-order valence-corrected chi connectivity index (χ2v) is 8.16. The molecule has 0 unspecified atom stereocenters. The quantitative estimate of drug-likeness (QED) is 0.458. The highest BCUT2D eigenvalue weighted by Crippen LogP contribution is 2.29. The number of benzene rings is 2. The molecule has 1 fully saturated rings. The molecule has 0 saturated carbocycles. The number of hydrogen-bond donors (Lipinski definition) is 2. The van der Waals surface area contributed by atoms with Gasteiger partial charge in [0.2, 0.25) is 0 Å². The Morgan fingerprint density at radius 3 is 2.77 bits per heavy atom. The molecule has 1 saturated heterocycles. The summed E-state index contributed by atoms with van der Waals surface area (Å²) in [6.45, 7) is 4.87. The molecule has 1 aliphatic rings. The number of nitrogens with zero attached hydrogens (tertiary/aromatic N) is 3. The Balaban J connectivity index is 1.16. The topological polar surface area (TPSA) is 83.7 Å². The van der Waals surface area contributed by atoms with Gasteiger partial charge in [-0.3, -0.25) is 10.2 Å². The van der Waals surface area contributed by atoms with Gasteiger partial charge in [0.15, 0.2) is 5.13 Å². The number of halogens is 1. The average molecular weight is 430 g/mol. The highest BCUT2D eigenvalue weighted by molar-refractivity contribution is 7.22. The first-order chi connectivity index (χ1) is 14.6. The first kappa shape index (κ1) is 20.4. The summed E-state index contributed by atoms with van der Waals surface area (Å²) in [6.07, 6.45) is 0.0537. The van der Waals surface area contributed by atoms with Gasteiger partial charge in [0, 0.05) is 38.4 Å². The van der Waals surface area contributed by atoms with Gasteiger partial charge in [-0.05, 0) is 36.8 Å². The number of nitrogens with two attached hydrogens (primary N) is 1. The number of fused-ring (bicyclic) bond motifs is 1. The molecule has 1 aliphatic heterocycles. The molecular weight excluding hydrogens is 405 g/mol. The zero-order valence-electron chi connectivity index (χ0n) is 16.5. The molecule has 1 amide bonds. The van der Waals surface area contributed by atoms with Crippen LogP contribution in [0.3, 0.4) is 0 Å². The SMILES string of the molecule is Nc1ccc(NC(=O)OCCCN2CCN(c3nc4ccccc4s3)CC2)c(F)c1. The maximum absolute atomic E-state index is 13.7. The summed E-state index contributed by atoms with van der Waals surface area (Å²) in [5, 5.41) is 3.47. The molecule has 0 spiro atoms. The lowest BCUT2D eigenvalue weighted by atomic mass is 10.3. The predicted molar refractivity (Wildman–Crippen MR) is 119 cm³/mol. The van der Waals surface area contributed by atoms with E-state index in [9.17, 15) is 9.18 Å². The molecule has 2 aromatic carbocycles. The van der Waals surface area contributed by atoms with Crippen molar-refractivity contribution in [2.24, 2.45) is 0 Å². The van der Waals surface area contributed by atoms with Crippen LogP contribution in [0.1, 0.15) is 6.42 Å². The van der Waals surface area contributed by atoms with E-state index < -0.39 is 11.9 Å². The summed E-state index contributed by atoms with van der Waals surface area (Å²) in [5.74, 6) is -0.585. The molecule has 3 N–H and O–H groups in total. The third kappa shape index (κ3) is 4.98. The average Bonchev–Trinajstić information content (AvgIpc) is 3.18. The molecular formula is C21H24FN5O2S. The number of anilines is 3. The van der Waals surface area contributed by atoms with Crippen LogP contribution in [0.25, 0.3) is 10.2 Å². The van der Waals surface area contributed by atoms with E-state index >= 15 is 0 Å². The minimum absolute atomic E-state index is 0.0557. The van der Waals surface area contributed by atoms with Gasteiger partial charge in [0.25, 0.3) is 0 Å². The number of aromatic nitrogens is 1. The third-order valence-electron chi connectivity index (χ3n) is 5.01. The lowest BCUT2D eigenvalue weighted by Gasteiger charge is -2.34. The van der Waals surface area contributed by atoms with Crippen molar-refractivity contribution in [2.45, 2.75) is 6.42 Å². The molecule has 2 heterocycles. The van der Waals surface area contributed by atoms with E-state index in [0.717, 1.165) is 55.9 Å². The second kappa shape index (κ2) is 9.27. The maximum atomic E-state index is 13.7. The smallest absolute Gasteiger partial charge is 0.411 e. The van der Waals surface area contributed by atoms with Gasteiger partial charge in [-0.1, -0.05) is 23.5 Å². The maximum Gasteiger partial charge on any atom is 0.411 e. The number of para-hydroxylation sites is 1. The van der Waals surface area contributed by atoms with Crippen LogP contribution < -0.4 is 16.0 Å². The van der Waals surface area contributed by atoms with Crippen LogP contribution in [0.15, 0.2) is 42.5 Å². The number of rotatable bonds is 6. The van der Waals surface area contributed by atoms with Crippen molar-refractivity contribution in [1.82, 2.24) is 9.88 Å². The number of carbonyl (C=O) groups excluding carboxylic acids is 1. The van der Waals surface area contributed by atoms with Crippen LogP contribution in [0.5, 0.6) is 0 Å². The van der Waals surface area contributed by atoms with Gasteiger partial charge in [-0.25, -0.2) is 14.2 Å². The minimum Gasteiger partial charge on any atom is -0.449 e. The molecule has 0 bridgehead atoms. The number of nitrogens with one attached hydrogen (secondary N) is 1. The number of carbonyl (C=O) groups is 1. The molecule has 0 atom stereocenters. The minimum atomic E-state index is -0.667. The Hall–Kier alpha value is -2.91. The van der Waals surface area contributed by atoms with E-state index in [0.29, 0.717) is 5.69 Å². The summed E-state index contributed by atoms with van der Waals surface area (Å²) < 4.78 is 20.1. The van der Waals surface area contributed by atoms with Crippen molar-refractivity contribution in [3.8, 4) is 0 Å². The molecule has 4 rings (SSSR count). The van der Waals surface area contributed by atoms with Crippen LogP contribution in [-0.2, 0) is 4.74 Å². The number of hydrogen-bond acceptors (Lipinski definition) is 7. The lowest BCUT2D eigenvalue weighted by Crippen LogP contribution is -2.46. The number of ether oxygens (including phenoxy) is 1. The van der Waals surface area contributed by atoms with E-state index in [1.807, 2.05) is 18.2 Å². The van der Waals surface area contributed by atoms with Crippen LogP contribution in [-0.4, -0.2) is 55.3 Å². The molecule has 158 valence electrons. The van der Waals surface area contributed by atoms with Gasteiger partial charge >= 0.3 is 6.09 Å². The number of piperazine rings is 1. The van der Waals surface area contributed by atoms with Crippen LogP contribution >= 0.6 is 11.3 Å². The Kier molecular flexibility index (Phi) is 6.29. The molecule has 30 heavy (non-hydrogen) atoms. The zero-order valence-corrected chi connectivity index (χ0v) is 17.3. The van der Waals surface area contributed by atoms with Gasteiger partial charge in [-0.15, -0.1) is 0 Å². The summed E-state index contributed by atoms with van der Waals surface area (Å²) >= 11 is 1.73. The van der Waals surface area contributed by atoms with Gasteiger partial charge in [0.1, 0.15) is 5.82 Å². The largest absolute Gasteiger partial charge is 0.449 e.